The Morgan fingerprint density at radius 1 is 1.38 bits per heavy atom. The first-order chi connectivity index (χ1) is 10.2. The summed E-state index contributed by atoms with van der Waals surface area (Å²) in [4.78, 5) is 14.1. The molecule has 0 aromatic heterocycles. The summed E-state index contributed by atoms with van der Waals surface area (Å²) in [7, 11) is 1.50. The number of amides is 1. The van der Waals surface area contributed by atoms with E-state index in [0.29, 0.717) is 18.7 Å². The molecule has 2 atom stereocenters. The van der Waals surface area contributed by atoms with Gasteiger partial charge in [-0.15, -0.1) is 0 Å². The van der Waals surface area contributed by atoms with E-state index in [2.05, 4.69) is 5.32 Å². The van der Waals surface area contributed by atoms with Crippen LogP contribution in [0.25, 0.3) is 0 Å². The minimum atomic E-state index is -0.704. The number of carbonyl (C=O) groups excluding carboxylic acids is 1. The van der Waals surface area contributed by atoms with Crippen molar-refractivity contribution in [2.75, 3.05) is 40.0 Å². The van der Waals surface area contributed by atoms with E-state index >= 15 is 0 Å². The third kappa shape index (κ3) is 3.78. The van der Waals surface area contributed by atoms with Crippen molar-refractivity contribution in [2.45, 2.75) is 12.1 Å². The van der Waals surface area contributed by atoms with Gasteiger partial charge in [0.2, 0.25) is 0 Å². The van der Waals surface area contributed by atoms with E-state index in [-0.39, 0.29) is 5.91 Å². The molecule has 1 aromatic rings. The van der Waals surface area contributed by atoms with Crippen LogP contribution in [0.4, 0.5) is 4.39 Å². The predicted octanol–water partition coefficient (Wildman–Crippen LogP) is 0.716. The number of carbonyl (C=O) groups is 1. The van der Waals surface area contributed by atoms with Gasteiger partial charge in [-0.1, -0.05) is 12.1 Å². The second kappa shape index (κ2) is 7.49. The third-order valence-corrected chi connectivity index (χ3v) is 3.71. The van der Waals surface area contributed by atoms with Crippen LogP contribution in [0.1, 0.15) is 22.0 Å². The number of ether oxygens (including phenoxy) is 1. The molecule has 1 amide bonds. The van der Waals surface area contributed by atoms with Crippen LogP contribution in [-0.2, 0) is 4.74 Å². The molecule has 1 fully saturated rings. The van der Waals surface area contributed by atoms with E-state index in [0.717, 1.165) is 18.7 Å². The summed E-state index contributed by atoms with van der Waals surface area (Å²) in [5.74, 6) is 0.0202. The average molecular weight is 295 g/mol. The first-order valence-electron chi connectivity index (χ1n) is 7.11. The quantitative estimate of drug-likeness (QED) is 0.840. The van der Waals surface area contributed by atoms with Gasteiger partial charge in [-0.3, -0.25) is 4.79 Å². The highest BCUT2D eigenvalue weighted by atomic mass is 19.1. The Labute approximate surface area is 124 Å². The molecule has 1 aliphatic heterocycles. The Bertz CT molecular complexity index is 460. The summed E-state index contributed by atoms with van der Waals surface area (Å²) >= 11 is 0. The second-order valence-electron chi connectivity index (χ2n) is 5.14. The van der Waals surface area contributed by atoms with Gasteiger partial charge in [-0.2, -0.15) is 0 Å². The Kier molecular flexibility index (Phi) is 5.67. The summed E-state index contributed by atoms with van der Waals surface area (Å²) in [5.41, 5.74) is 7.10. The van der Waals surface area contributed by atoms with E-state index in [1.54, 1.807) is 24.3 Å². The number of benzene rings is 1. The molecule has 0 unspecified atom stereocenters. The topological polar surface area (TPSA) is 67.6 Å². The normalized spacial score (nSPS) is 18.3. The van der Waals surface area contributed by atoms with Gasteiger partial charge in [-0.25, -0.2) is 4.39 Å². The largest absolute Gasteiger partial charge is 0.375 e. The van der Waals surface area contributed by atoms with Crippen molar-refractivity contribution in [1.29, 1.82) is 0 Å². The van der Waals surface area contributed by atoms with E-state index in [9.17, 15) is 9.18 Å². The van der Waals surface area contributed by atoms with E-state index in [4.69, 9.17) is 10.5 Å². The predicted molar refractivity (Wildman–Crippen MR) is 78.9 cm³/mol. The maximum atomic E-state index is 12.7. The van der Waals surface area contributed by atoms with Crippen molar-refractivity contribution in [3.8, 4) is 0 Å². The van der Waals surface area contributed by atoms with Crippen molar-refractivity contribution < 1.29 is 13.9 Å². The molecule has 6 heteroatoms. The van der Waals surface area contributed by atoms with Crippen molar-refractivity contribution in [3.63, 3.8) is 0 Å². The van der Waals surface area contributed by atoms with Gasteiger partial charge in [0, 0.05) is 38.9 Å². The summed E-state index contributed by atoms with van der Waals surface area (Å²) in [5, 5.41) is 3.21. The lowest BCUT2D eigenvalue weighted by Gasteiger charge is -2.27. The van der Waals surface area contributed by atoms with Gasteiger partial charge in [0.05, 0.1) is 12.1 Å². The van der Waals surface area contributed by atoms with Crippen molar-refractivity contribution in [1.82, 2.24) is 10.2 Å². The average Bonchev–Trinajstić information content (AvgIpc) is 2.56. The van der Waals surface area contributed by atoms with Crippen molar-refractivity contribution >= 4 is 5.91 Å². The lowest BCUT2D eigenvalue weighted by molar-refractivity contribution is 0.0713. The van der Waals surface area contributed by atoms with Crippen molar-refractivity contribution in [2.24, 2.45) is 5.73 Å². The maximum Gasteiger partial charge on any atom is 0.253 e. The fraction of sp³-hybridized carbons (Fsp3) is 0.533. The lowest BCUT2D eigenvalue weighted by Crippen LogP contribution is -2.46. The molecule has 21 heavy (non-hydrogen) atoms. The molecule has 116 valence electrons. The van der Waals surface area contributed by atoms with Crippen LogP contribution in [0.2, 0.25) is 0 Å². The van der Waals surface area contributed by atoms with Gasteiger partial charge < -0.3 is 20.7 Å². The molecule has 1 saturated heterocycles. The molecule has 0 bridgehead atoms. The summed E-state index contributed by atoms with van der Waals surface area (Å²) in [6.45, 7) is 2.42. The van der Waals surface area contributed by atoms with Crippen LogP contribution < -0.4 is 11.1 Å². The fourth-order valence-corrected chi connectivity index (χ4v) is 2.50. The number of nitrogens with two attached hydrogens (primary N) is 1. The maximum absolute atomic E-state index is 12.7. The SMILES string of the molecule is CO[C@H](c1ccc(C(=O)N2CCNCC2)cc1)[C@H](N)CF. The number of rotatable bonds is 5. The molecule has 0 saturated carbocycles. The Morgan fingerprint density at radius 2 is 2.00 bits per heavy atom. The van der Waals surface area contributed by atoms with Crippen LogP contribution in [0, 0.1) is 0 Å². The molecular weight excluding hydrogens is 273 g/mol. The highest BCUT2D eigenvalue weighted by Crippen LogP contribution is 2.21. The zero-order chi connectivity index (χ0) is 15.2. The number of nitrogens with one attached hydrogen (secondary N) is 1. The molecule has 0 aliphatic carbocycles. The zero-order valence-electron chi connectivity index (χ0n) is 12.2. The van der Waals surface area contributed by atoms with Gasteiger partial charge in [0.15, 0.2) is 0 Å². The number of nitrogens with zero attached hydrogens (tertiary/aromatic N) is 1. The minimum Gasteiger partial charge on any atom is -0.375 e. The Hall–Kier alpha value is -1.50. The molecule has 5 nitrogen and oxygen atoms in total. The number of hydrogen-bond donors (Lipinski definition) is 2. The molecular formula is C15H22FN3O2. The number of alkyl halides is 1. The molecule has 1 aliphatic rings. The van der Waals surface area contributed by atoms with Gasteiger partial charge in [0.25, 0.3) is 5.91 Å². The molecule has 1 aromatic carbocycles. The van der Waals surface area contributed by atoms with E-state index < -0.39 is 18.8 Å². The van der Waals surface area contributed by atoms with Crippen LogP contribution in [-0.4, -0.2) is 56.8 Å². The van der Waals surface area contributed by atoms with E-state index in [1.807, 2.05) is 4.90 Å². The zero-order valence-corrected chi connectivity index (χ0v) is 12.2. The summed E-state index contributed by atoms with van der Waals surface area (Å²) in [6, 6.07) is 6.34. The van der Waals surface area contributed by atoms with Gasteiger partial charge in [0.1, 0.15) is 6.67 Å². The van der Waals surface area contributed by atoms with Crippen molar-refractivity contribution in [3.05, 3.63) is 35.4 Å². The smallest absolute Gasteiger partial charge is 0.253 e. The van der Waals surface area contributed by atoms with Crippen LogP contribution >= 0.6 is 0 Å². The second-order valence-corrected chi connectivity index (χ2v) is 5.14. The highest BCUT2D eigenvalue weighted by Gasteiger charge is 2.21. The summed E-state index contributed by atoms with van der Waals surface area (Å²) < 4.78 is 17.9. The van der Waals surface area contributed by atoms with Crippen LogP contribution in [0.3, 0.4) is 0 Å². The number of hydrogen-bond acceptors (Lipinski definition) is 4. The van der Waals surface area contributed by atoms with Gasteiger partial charge >= 0.3 is 0 Å². The number of piperazine rings is 1. The lowest BCUT2D eigenvalue weighted by atomic mass is 10.0. The number of methoxy groups -OCH3 is 1. The molecule has 3 N–H and O–H groups in total. The highest BCUT2D eigenvalue weighted by molar-refractivity contribution is 5.94. The molecule has 1 heterocycles. The molecule has 2 rings (SSSR count). The third-order valence-electron chi connectivity index (χ3n) is 3.71. The van der Waals surface area contributed by atoms with Crippen LogP contribution in [0.15, 0.2) is 24.3 Å². The first kappa shape index (κ1) is 15.9. The molecule has 0 radical (unpaired) electrons. The molecule has 0 spiro atoms. The Balaban J connectivity index is 2.08. The Morgan fingerprint density at radius 3 is 2.52 bits per heavy atom. The first-order valence-corrected chi connectivity index (χ1v) is 7.11. The van der Waals surface area contributed by atoms with Crippen LogP contribution in [0.5, 0.6) is 0 Å². The van der Waals surface area contributed by atoms with E-state index in [1.165, 1.54) is 7.11 Å². The monoisotopic (exact) mass is 295 g/mol. The number of halogens is 1. The standard InChI is InChI=1S/C15H22FN3O2/c1-21-14(13(17)10-16)11-2-4-12(5-3-11)15(20)19-8-6-18-7-9-19/h2-5,13-14,18H,6-10,17H2,1H3/t13-,14-/m1/s1. The fourth-order valence-electron chi connectivity index (χ4n) is 2.50. The summed E-state index contributed by atoms with van der Waals surface area (Å²) in [6.07, 6.45) is -0.502. The minimum absolute atomic E-state index is 0.0202. The van der Waals surface area contributed by atoms with Gasteiger partial charge in [-0.05, 0) is 17.7 Å².